The number of benzene rings is 1. The number of hydrogen-bond acceptors (Lipinski definition) is 2. The molecule has 1 heterocycles. The quantitative estimate of drug-likeness (QED) is 0.587. The second-order valence-electron chi connectivity index (χ2n) is 8.05. The number of fused-ring (bicyclic) bond motifs is 1. The molecule has 1 aromatic rings. The van der Waals surface area contributed by atoms with Gasteiger partial charge in [-0.1, -0.05) is 50.6 Å². The van der Waals surface area contributed by atoms with Crippen LogP contribution in [-0.2, 0) is 9.59 Å². The van der Waals surface area contributed by atoms with Gasteiger partial charge in [0.2, 0.25) is 11.8 Å². The van der Waals surface area contributed by atoms with Crippen molar-refractivity contribution in [2.75, 3.05) is 4.90 Å². The van der Waals surface area contributed by atoms with Crippen molar-refractivity contribution in [2.24, 2.45) is 28.6 Å². The number of nitrogens with zero attached hydrogens (tertiary/aromatic N) is 1. The Labute approximate surface area is 147 Å². The first-order chi connectivity index (χ1) is 11.3. The highest BCUT2D eigenvalue weighted by Crippen LogP contribution is 2.64. The summed E-state index contributed by atoms with van der Waals surface area (Å²) in [6, 6.07) is 7.03. The molecule has 4 heteroatoms. The molecule has 1 saturated carbocycles. The van der Waals surface area contributed by atoms with Crippen LogP contribution in [-0.4, -0.2) is 11.8 Å². The number of imide groups is 1. The van der Waals surface area contributed by atoms with E-state index < -0.39 is 0 Å². The monoisotopic (exact) mass is 343 g/mol. The highest BCUT2D eigenvalue weighted by Gasteiger charge is 2.67. The van der Waals surface area contributed by atoms with E-state index in [0.717, 1.165) is 12.8 Å². The Bertz CT molecular complexity index is 771. The Kier molecular flexibility index (Phi) is 3.28. The van der Waals surface area contributed by atoms with Crippen molar-refractivity contribution in [3.05, 3.63) is 41.4 Å². The highest BCUT2D eigenvalue weighted by atomic mass is 35.5. The maximum Gasteiger partial charge on any atom is 0.238 e. The standard InChI is InChI=1S/C20H22ClNO2/c1-12(2)20-9-7-19(3,8-10-20)15-16(20)18(24)22(17(15)23)14-6-4-5-13(21)11-14/h4-7,9,11-12,15-16H,8,10H2,1-3H3. The van der Waals surface area contributed by atoms with Gasteiger partial charge in [-0.25, -0.2) is 4.90 Å². The van der Waals surface area contributed by atoms with Gasteiger partial charge in [0, 0.05) is 10.4 Å². The number of allylic oxidation sites excluding steroid dienone is 2. The van der Waals surface area contributed by atoms with E-state index in [9.17, 15) is 9.59 Å². The van der Waals surface area contributed by atoms with Crippen LogP contribution in [0.15, 0.2) is 36.4 Å². The molecule has 1 aliphatic heterocycles. The van der Waals surface area contributed by atoms with E-state index in [0.29, 0.717) is 16.6 Å². The molecule has 24 heavy (non-hydrogen) atoms. The summed E-state index contributed by atoms with van der Waals surface area (Å²) in [6.45, 7) is 6.45. The zero-order valence-corrected chi connectivity index (χ0v) is 15.0. The second kappa shape index (κ2) is 4.95. The van der Waals surface area contributed by atoms with E-state index in [1.807, 2.05) is 0 Å². The van der Waals surface area contributed by atoms with Gasteiger partial charge in [-0.05, 0) is 42.4 Å². The van der Waals surface area contributed by atoms with Crippen molar-refractivity contribution in [3.63, 3.8) is 0 Å². The van der Waals surface area contributed by atoms with Crippen LogP contribution in [0.1, 0.15) is 33.6 Å². The third-order valence-electron chi connectivity index (χ3n) is 6.61. The molecule has 3 aliphatic carbocycles. The van der Waals surface area contributed by atoms with Crippen LogP contribution in [0.25, 0.3) is 0 Å². The van der Waals surface area contributed by atoms with Gasteiger partial charge in [-0.2, -0.15) is 0 Å². The van der Waals surface area contributed by atoms with Crippen molar-refractivity contribution in [1.82, 2.24) is 0 Å². The maximum atomic E-state index is 13.3. The molecule has 3 nitrogen and oxygen atoms in total. The molecule has 0 aromatic heterocycles. The molecule has 5 rings (SSSR count). The smallest absolute Gasteiger partial charge is 0.238 e. The number of anilines is 1. The number of amides is 2. The summed E-state index contributed by atoms with van der Waals surface area (Å²) < 4.78 is 0. The van der Waals surface area contributed by atoms with E-state index in [4.69, 9.17) is 11.6 Å². The van der Waals surface area contributed by atoms with Gasteiger partial charge in [0.05, 0.1) is 17.5 Å². The maximum absolute atomic E-state index is 13.3. The molecule has 2 bridgehead atoms. The van der Waals surface area contributed by atoms with Crippen LogP contribution in [0.4, 0.5) is 5.69 Å². The van der Waals surface area contributed by atoms with Gasteiger partial charge in [-0.3, -0.25) is 9.59 Å². The number of carbonyl (C=O) groups excluding carboxylic acids is 2. The average molecular weight is 344 g/mol. The van der Waals surface area contributed by atoms with E-state index in [2.05, 4.69) is 32.9 Å². The molecule has 4 unspecified atom stereocenters. The first-order valence-electron chi connectivity index (χ1n) is 8.64. The minimum Gasteiger partial charge on any atom is -0.274 e. The SMILES string of the molecule is CC(C)C12C=CC(C)(CC1)C1C(=O)N(c3cccc(Cl)c3)C(=O)C12. The second-order valence-corrected chi connectivity index (χ2v) is 8.49. The first-order valence-corrected chi connectivity index (χ1v) is 9.02. The predicted molar refractivity (Wildman–Crippen MR) is 94.7 cm³/mol. The Balaban J connectivity index is 1.86. The zero-order chi connectivity index (χ0) is 17.3. The van der Waals surface area contributed by atoms with E-state index in [1.165, 1.54) is 4.90 Å². The fourth-order valence-electron chi connectivity index (χ4n) is 5.10. The minimum atomic E-state index is -0.259. The molecule has 0 radical (unpaired) electrons. The molecule has 1 aromatic carbocycles. The lowest BCUT2D eigenvalue weighted by atomic mass is 9.46. The van der Waals surface area contributed by atoms with Crippen LogP contribution < -0.4 is 4.90 Å². The van der Waals surface area contributed by atoms with Gasteiger partial charge in [0.1, 0.15) is 0 Å². The van der Waals surface area contributed by atoms with Crippen molar-refractivity contribution < 1.29 is 9.59 Å². The Morgan fingerprint density at radius 3 is 2.42 bits per heavy atom. The summed E-state index contributed by atoms with van der Waals surface area (Å²) in [5, 5.41) is 0.536. The highest BCUT2D eigenvalue weighted by molar-refractivity contribution is 6.31. The third kappa shape index (κ3) is 1.85. The van der Waals surface area contributed by atoms with Gasteiger partial charge in [0.15, 0.2) is 0 Å². The number of halogens is 1. The molecule has 0 spiro atoms. The molecule has 1 saturated heterocycles. The van der Waals surface area contributed by atoms with Gasteiger partial charge in [-0.15, -0.1) is 0 Å². The molecule has 126 valence electrons. The summed E-state index contributed by atoms with van der Waals surface area (Å²) in [5.41, 5.74) is 0.165. The largest absolute Gasteiger partial charge is 0.274 e. The molecular formula is C20H22ClNO2. The summed E-state index contributed by atoms with van der Waals surface area (Å²) >= 11 is 6.08. The van der Waals surface area contributed by atoms with Crippen molar-refractivity contribution in [1.29, 1.82) is 0 Å². The predicted octanol–water partition coefficient (Wildman–Crippen LogP) is 4.46. The Hall–Kier alpha value is -1.61. The number of hydrogen-bond donors (Lipinski definition) is 0. The van der Waals surface area contributed by atoms with Crippen molar-refractivity contribution >= 4 is 29.1 Å². The first kappa shape index (κ1) is 15.9. The van der Waals surface area contributed by atoms with E-state index in [-0.39, 0.29) is 34.5 Å². The number of rotatable bonds is 2. The van der Waals surface area contributed by atoms with Gasteiger partial charge < -0.3 is 0 Å². The Morgan fingerprint density at radius 2 is 1.83 bits per heavy atom. The summed E-state index contributed by atoms with van der Waals surface area (Å²) in [5.74, 6) is -0.319. The molecule has 4 aliphatic rings. The molecule has 2 amide bonds. The average Bonchev–Trinajstić information content (AvgIpc) is 2.82. The van der Waals surface area contributed by atoms with Crippen LogP contribution in [0.2, 0.25) is 5.02 Å². The molecular weight excluding hydrogens is 322 g/mol. The fraction of sp³-hybridized carbons (Fsp3) is 0.500. The van der Waals surface area contributed by atoms with Crippen LogP contribution in [0.5, 0.6) is 0 Å². The lowest BCUT2D eigenvalue weighted by Crippen LogP contribution is -2.53. The summed E-state index contributed by atoms with van der Waals surface area (Å²) in [7, 11) is 0. The molecule has 2 fully saturated rings. The molecule has 0 N–H and O–H groups in total. The summed E-state index contributed by atoms with van der Waals surface area (Å²) in [6.07, 6.45) is 6.37. The van der Waals surface area contributed by atoms with E-state index in [1.54, 1.807) is 24.3 Å². The van der Waals surface area contributed by atoms with Crippen molar-refractivity contribution in [3.8, 4) is 0 Å². The van der Waals surface area contributed by atoms with E-state index >= 15 is 0 Å². The number of carbonyl (C=O) groups is 2. The van der Waals surface area contributed by atoms with Crippen LogP contribution in [0.3, 0.4) is 0 Å². The summed E-state index contributed by atoms with van der Waals surface area (Å²) in [4.78, 5) is 28.0. The van der Waals surface area contributed by atoms with Gasteiger partial charge >= 0.3 is 0 Å². The fourth-order valence-corrected chi connectivity index (χ4v) is 5.29. The van der Waals surface area contributed by atoms with Crippen LogP contribution in [0, 0.1) is 28.6 Å². The van der Waals surface area contributed by atoms with Gasteiger partial charge in [0.25, 0.3) is 0 Å². The topological polar surface area (TPSA) is 37.4 Å². The molecule has 4 atom stereocenters. The normalized spacial score (nSPS) is 37.5. The lowest BCUT2D eigenvalue weighted by molar-refractivity contribution is -0.135. The third-order valence-corrected chi connectivity index (χ3v) is 6.84. The van der Waals surface area contributed by atoms with Crippen LogP contribution >= 0.6 is 11.6 Å². The zero-order valence-electron chi connectivity index (χ0n) is 14.3. The Morgan fingerprint density at radius 1 is 1.12 bits per heavy atom. The minimum absolute atomic E-state index is 0.0590. The van der Waals surface area contributed by atoms with Crippen molar-refractivity contribution in [2.45, 2.75) is 33.6 Å². The lowest BCUT2D eigenvalue weighted by Gasteiger charge is -2.55.